The number of hydrogen-bond acceptors (Lipinski definition) is 3. The van der Waals surface area contributed by atoms with Gasteiger partial charge < -0.3 is 0 Å². The van der Waals surface area contributed by atoms with Crippen molar-refractivity contribution in [2.75, 3.05) is 0 Å². The zero-order valence-corrected chi connectivity index (χ0v) is 9.17. The van der Waals surface area contributed by atoms with Gasteiger partial charge in [-0.15, -0.1) is 0 Å². The van der Waals surface area contributed by atoms with Gasteiger partial charge in [-0.2, -0.15) is 5.26 Å². The lowest BCUT2D eigenvalue weighted by atomic mass is 10.1. The number of benzene rings is 1. The fourth-order valence-corrected chi connectivity index (χ4v) is 1.80. The van der Waals surface area contributed by atoms with E-state index in [1.807, 2.05) is 0 Å². The molecule has 0 spiro atoms. The quantitative estimate of drug-likeness (QED) is 0.473. The van der Waals surface area contributed by atoms with Gasteiger partial charge >= 0.3 is 0 Å². The second-order valence-corrected chi connectivity index (χ2v) is 3.43. The zero-order valence-electron chi connectivity index (χ0n) is 6.83. The lowest BCUT2D eigenvalue weighted by Gasteiger charge is -2.01. The van der Waals surface area contributed by atoms with Gasteiger partial charge in [0.15, 0.2) is 0 Å². The van der Waals surface area contributed by atoms with E-state index >= 15 is 0 Å². The number of nitriles is 1. The normalized spacial score (nSPS) is 9.50. The van der Waals surface area contributed by atoms with Crippen molar-refractivity contribution < 1.29 is 4.92 Å². The van der Waals surface area contributed by atoms with E-state index in [1.54, 1.807) is 6.07 Å². The molecule has 14 heavy (non-hydrogen) atoms. The van der Waals surface area contributed by atoms with Crippen LogP contribution in [0, 0.1) is 21.4 Å². The second kappa shape index (κ2) is 4.40. The number of nitrogens with zero attached hydrogens (tertiary/aromatic N) is 2. The topological polar surface area (TPSA) is 66.9 Å². The number of halogens is 2. The van der Waals surface area contributed by atoms with Crippen LogP contribution in [0.3, 0.4) is 0 Å². The SMILES string of the molecule is N#Cc1cc(Cl)c(CBr)cc1[N+](=O)[O-]. The first-order chi connectivity index (χ1) is 6.60. The lowest BCUT2D eigenvalue weighted by molar-refractivity contribution is -0.385. The molecule has 0 aliphatic carbocycles. The second-order valence-electron chi connectivity index (χ2n) is 2.46. The third-order valence-electron chi connectivity index (χ3n) is 1.63. The summed E-state index contributed by atoms with van der Waals surface area (Å²) in [6, 6.07) is 4.33. The first kappa shape index (κ1) is 11.0. The Kier molecular flexibility index (Phi) is 3.44. The summed E-state index contributed by atoms with van der Waals surface area (Å²) in [6.45, 7) is 0. The fourth-order valence-electron chi connectivity index (χ4n) is 0.948. The van der Waals surface area contributed by atoms with Gasteiger partial charge in [-0.3, -0.25) is 10.1 Å². The van der Waals surface area contributed by atoms with Gasteiger partial charge in [0.25, 0.3) is 5.69 Å². The van der Waals surface area contributed by atoms with Gasteiger partial charge in [-0.05, 0) is 11.6 Å². The molecule has 0 unspecified atom stereocenters. The number of alkyl halides is 1. The van der Waals surface area contributed by atoms with E-state index in [1.165, 1.54) is 12.1 Å². The average molecular weight is 275 g/mol. The van der Waals surface area contributed by atoms with Crippen molar-refractivity contribution in [2.45, 2.75) is 5.33 Å². The molecule has 0 heterocycles. The Balaban J connectivity index is 3.42. The highest BCUT2D eigenvalue weighted by Crippen LogP contribution is 2.27. The Morgan fingerprint density at radius 3 is 2.71 bits per heavy atom. The van der Waals surface area contributed by atoms with Crippen molar-refractivity contribution in [3.63, 3.8) is 0 Å². The van der Waals surface area contributed by atoms with E-state index < -0.39 is 4.92 Å². The van der Waals surface area contributed by atoms with Crippen LogP contribution in [0.2, 0.25) is 5.02 Å². The molecule has 72 valence electrons. The third-order valence-corrected chi connectivity index (χ3v) is 2.58. The summed E-state index contributed by atoms with van der Waals surface area (Å²) in [5.74, 6) is 0. The van der Waals surface area contributed by atoms with Gasteiger partial charge in [0, 0.05) is 16.4 Å². The maximum Gasteiger partial charge on any atom is 0.287 e. The molecule has 0 N–H and O–H groups in total. The van der Waals surface area contributed by atoms with Gasteiger partial charge in [0.05, 0.1) is 4.92 Å². The molecule has 0 aliphatic rings. The number of nitro benzene ring substituents is 1. The highest BCUT2D eigenvalue weighted by atomic mass is 79.9. The molecule has 1 rings (SSSR count). The summed E-state index contributed by atoms with van der Waals surface area (Å²) in [4.78, 5) is 9.96. The predicted octanol–water partition coefficient (Wildman–Crippen LogP) is 3.01. The fraction of sp³-hybridized carbons (Fsp3) is 0.125. The smallest absolute Gasteiger partial charge is 0.258 e. The van der Waals surface area contributed by atoms with Gasteiger partial charge in [0.1, 0.15) is 11.6 Å². The molecule has 0 aliphatic heterocycles. The van der Waals surface area contributed by atoms with Crippen molar-refractivity contribution in [3.8, 4) is 6.07 Å². The summed E-state index contributed by atoms with van der Waals surface area (Å²) >= 11 is 8.93. The van der Waals surface area contributed by atoms with E-state index in [4.69, 9.17) is 16.9 Å². The van der Waals surface area contributed by atoms with E-state index in [0.717, 1.165) is 0 Å². The summed E-state index contributed by atoms with van der Waals surface area (Å²) in [7, 11) is 0. The maximum absolute atomic E-state index is 10.6. The number of nitro groups is 1. The van der Waals surface area contributed by atoms with Crippen LogP contribution >= 0.6 is 27.5 Å². The standard InChI is InChI=1S/C8H4BrClN2O2/c9-3-5-2-8(12(13)14)6(4-11)1-7(5)10/h1-2H,3H2. The van der Waals surface area contributed by atoms with E-state index in [2.05, 4.69) is 15.9 Å². The van der Waals surface area contributed by atoms with Gasteiger partial charge in [-0.1, -0.05) is 27.5 Å². The molecule has 0 radical (unpaired) electrons. The Labute approximate surface area is 93.4 Å². The summed E-state index contributed by atoms with van der Waals surface area (Å²) in [6.07, 6.45) is 0. The first-order valence-electron chi connectivity index (χ1n) is 3.53. The first-order valence-corrected chi connectivity index (χ1v) is 5.03. The van der Waals surface area contributed by atoms with Crippen molar-refractivity contribution in [2.24, 2.45) is 0 Å². The largest absolute Gasteiger partial charge is 0.287 e. The maximum atomic E-state index is 10.6. The minimum absolute atomic E-state index is 0.0234. The van der Waals surface area contributed by atoms with Crippen LogP contribution in [0.25, 0.3) is 0 Å². The van der Waals surface area contributed by atoms with Gasteiger partial charge in [0.2, 0.25) is 0 Å². The molecule has 0 aromatic heterocycles. The third kappa shape index (κ3) is 2.03. The summed E-state index contributed by atoms with van der Waals surface area (Å²) < 4.78 is 0. The number of hydrogen-bond donors (Lipinski definition) is 0. The van der Waals surface area contributed by atoms with Crippen LogP contribution in [0.5, 0.6) is 0 Å². The minimum atomic E-state index is -0.596. The minimum Gasteiger partial charge on any atom is -0.258 e. The molecule has 0 bridgehead atoms. The van der Waals surface area contributed by atoms with Crippen LogP contribution in [-0.4, -0.2) is 4.92 Å². The monoisotopic (exact) mass is 274 g/mol. The summed E-state index contributed by atoms with van der Waals surface area (Å²) in [5, 5.41) is 20.0. The van der Waals surface area contributed by atoms with Crippen molar-refractivity contribution >= 4 is 33.2 Å². The molecule has 0 fully saturated rings. The Morgan fingerprint density at radius 2 is 2.29 bits per heavy atom. The molecule has 0 atom stereocenters. The molecule has 1 aromatic rings. The molecular formula is C8H4BrClN2O2. The Morgan fingerprint density at radius 1 is 1.64 bits per heavy atom. The number of rotatable bonds is 2. The molecule has 0 saturated carbocycles. The van der Waals surface area contributed by atoms with E-state index in [-0.39, 0.29) is 11.3 Å². The molecule has 0 saturated heterocycles. The predicted molar refractivity (Wildman–Crippen MR) is 55.5 cm³/mol. The van der Waals surface area contributed by atoms with E-state index in [0.29, 0.717) is 15.9 Å². The highest BCUT2D eigenvalue weighted by Gasteiger charge is 2.16. The van der Waals surface area contributed by atoms with E-state index in [9.17, 15) is 10.1 Å². The average Bonchev–Trinajstić information content (AvgIpc) is 2.16. The zero-order chi connectivity index (χ0) is 10.7. The molecular weight excluding hydrogens is 271 g/mol. The van der Waals surface area contributed by atoms with Crippen LogP contribution in [-0.2, 0) is 5.33 Å². The Bertz CT molecular complexity index is 428. The van der Waals surface area contributed by atoms with Crippen LogP contribution in [0.1, 0.15) is 11.1 Å². The van der Waals surface area contributed by atoms with Crippen LogP contribution < -0.4 is 0 Å². The molecule has 6 heteroatoms. The lowest BCUT2D eigenvalue weighted by Crippen LogP contribution is -1.94. The summed E-state index contributed by atoms with van der Waals surface area (Å²) in [5.41, 5.74) is 0.355. The van der Waals surface area contributed by atoms with Gasteiger partial charge in [-0.25, -0.2) is 0 Å². The van der Waals surface area contributed by atoms with Crippen LogP contribution in [0.15, 0.2) is 12.1 Å². The van der Waals surface area contributed by atoms with Crippen molar-refractivity contribution in [1.82, 2.24) is 0 Å². The van der Waals surface area contributed by atoms with Crippen molar-refractivity contribution in [1.29, 1.82) is 5.26 Å². The molecule has 0 amide bonds. The highest BCUT2D eigenvalue weighted by molar-refractivity contribution is 9.08. The molecule has 4 nitrogen and oxygen atoms in total. The van der Waals surface area contributed by atoms with Crippen molar-refractivity contribution in [3.05, 3.63) is 38.4 Å². The van der Waals surface area contributed by atoms with Crippen LogP contribution in [0.4, 0.5) is 5.69 Å². The Hall–Kier alpha value is -1.12. The molecule has 1 aromatic carbocycles.